The third-order valence-electron chi connectivity index (χ3n) is 4.23. The molecule has 2 N–H and O–H groups in total. The maximum Gasteiger partial charge on any atom is 0.161 e. The molecular formula is C17H28N2O2. The Labute approximate surface area is 128 Å². The zero-order valence-corrected chi connectivity index (χ0v) is 13.5. The average molecular weight is 292 g/mol. The molecule has 0 spiro atoms. The van der Waals surface area contributed by atoms with Gasteiger partial charge in [0.15, 0.2) is 11.5 Å². The standard InChI is InChI=1S/C17H28N2O2/c1-13(8-9-18)14-6-7-16(20-3)17(11-14)21-15-5-4-10-19(2)12-15/h6-7,11,13,15H,4-5,8-10,12,18H2,1-3H3. The van der Waals surface area contributed by atoms with Crippen molar-refractivity contribution < 1.29 is 9.47 Å². The van der Waals surface area contributed by atoms with Crippen molar-refractivity contribution in [1.82, 2.24) is 4.90 Å². The minimum absolute atomic E-state index is 0.248. The minimum Gasteiger partial charge on any atom is -0.493 e. The first-order valence-electron chi connectivity index (χ1n) is 7.87. The van der Waals surface area contributed by atoms with Crippen LogP contribution in [-0.2, 0) is 0 Å². The van der Waals surface area contributed by atoms with E-state index in [9.17, 15) is 0 Å². The fourth-order valence-corrected chi connectivity index (χ4v) is 2.90. The van der Waals surface area contributed by atoms with Crippen LogP contribution in [0.2, 0.25) is 0 Å². The minimum atomic E-state index is 0.248. The van der Waals surface area contributed by atoms with E-state index in [0.29, 0.717) is 12.5 Å². The van der Waals surface area contributed by atoms with E-state index in [1.54, 1.807) is 7.11 Å². The predicted molar refractivity (Wildman–Crippen MR) is 86.2 cm³/mol. The third kappa shape index (κ3) is 4.35. The molecule has 0 bridgehead atoms. The topological polar surface area (TPSA) is 47.7 Å². The average Bonchev–Trinajstić information content (AvgIpc) is 2.47. The summed E-state index contributed by atoms with van der Waals surface area (Å²) in [5.41, 5.74) is 6.93. The van der Waals surface area contributed by atoms with E-state index >= 15 is 0 Å². The third-order valence-corrected chi connectivity index (χ3v) is 4.23. The second-order valence-corrected chi connectivity index (χ2v) is 6.03. The zero-order chi connectivity index (χ0) is 15.2. The van der Waals surface area contributed by atoms with Gasteiger partial charge in [-0.3, -0.25) is 0 Å². The SMILES string of the molecule is COc1ccc(C(C)CCN)cc1OC1CCCN(C)C1. The number of hydrogen-bond acceptors (Lipinski definition) is 4. The summed E-state index contributed by atoms with van der Waals surface area (Å²) in [6, 6.07) is 6.23. The van der Waals surface area contributed by atoms with E-state index in [1.165, 1.54) is 12.0 Å². The molecule has 118 valence electrons. The second-order valence-electron chi connectivity index (χ2n) is 6.03. The van der Waals surface area contributed by atoms with Gasteiger partial charge < -0.3 is 20.1 Å². The lowest BCUT2D eigenvalue weighted by Crippen LogP contribution is -2.38. The highest BCUT2D eigenvalue weighted by Crippen LogP contribution is 2.33. The number of likely N-dealkylation sites (N-methyl/N-ethyl adjacent to an activating group) is 1. The molecule has 1 aromatic rings. The van der Waals surface area contributed by atoms with Gasteiger partial charge in [-0.25, -0.2) is 0 Å². The molecule has 0 radical (unpaired) electrons. The molecule has 4 heteroatoms. The first-order chi connectivity index (χ1) is 10.1. The number of rotatable bonds is 6. The monoisotopic (exact) mass is 292 g/mol. The summed E-state index contributed by atoms with van der Waals surface area (Å²) in [7, 11) is 3.84. The normalized spacial score (nSPS) is 21.0. The Bertz CT molecular complexity index is 450. The highest BCUT2D eigenvalue weighted by atomic mass is 16.5. The predicted octanol–water partition coefficient (Wildman–Crippen LogP) is 2.62. The summed E-state index contributed by atoms with van der Waals surface area (Å²) >= 11 is 0. The van der Waals surface area contributed by atoms with Gasteiger partial charge in [0, 0.05) is 6.54 Å². The second kappa shape index (κ2) is 7.66. The molecule has 2 atom stereocenters. The molecule has 1 aliphatic rings. The molecule has 0 amide bonds. The van der Waals surface area contributed by atoms with E-state index in [1.807, 2.05) is 6.07 Å². The van der Waals surface area contributed by atoms with Crippen molar-refractivity contribution in [2.75, 3.05) is 33.8 Å². The Hall–Kier alpha value is -1.26. The Balaban J connectivity index is 2.13. The van der Waals surface area contributed by atoms with Crippen LogP contribution in [0.15, 0.2) is 18.2 Å². The van der Waals surface area contributed by atoms with Crippen LogP contribution in [0.1, 0.15) is 37.7 Å². The molecule has 0 saturated carbocycles. The Kier molecular flexibility index (Phi) is 5.88. The van der Waals surface area contributed by atoms with Gasteiger partial charge in [-0.15, -0.1) is 0 Å². The lowest BCUT2D eigenvalue weighted by atomic mass is 9.97. The molecule has 1 fully saturated rings. The maximum absolute atomic E-state index is 6.22. The fraction of sp³-hybridized carbons (Fsp3) is 0.647. The van der Waals surface area contributed by atoms with Crippen LogP contribution in [0.3, 0.4) is 0 Å². The molecule has 2 rings (SSSR count). The highest BCUT2D eigenvalue weighted by Gasteiger charge is 2.20. The van der Waals surface area contributed by atoms with Gasteiger partial charge in [0.2, 0.25) is 0 Å². The van der Waals surface area contributed by atoms with E-state index in [-0.39, 0.29) is 6.10 Å². The largest absolute Gasteiger partial charge is 0.493 e. The van der Waals surface area contributed by atoms with Crippen molar-refractivity contribution in [3.63, 3.8) is 0 Å². The van der Waals surface area contributed by atoms with Gasteiger partial charge in [-0.1, -0.05) is 13.0 Å². The maximum atomic E-state index is 6.22. The fourth-order valence-electron chi connectivity index (χ4n) is 2.90. The first-order valence-corrected chi connectivity index (χ1v) is 7.87. The van der Waals surface area contributed by atoms with Crippen LogP contribution in [0.5, 0.6) is 11.5 Å². The molecule has 4 nitrogen and oxygen atoms in total. The van der Waals surface area contributed by atoms with Crippen LogP contribution < -0.4 is 15.2 Å². The van der Waals surface area contributed by atoms with Gasteiger partial charge in [-0.2, -0.15) is 0 Å². The molecular weight excluding hydrogens is 264 g/mol. The summed E-state index contributed by atoms with van der Waals surface area (Å²) in [6.07, 6.45) is 3.53. The number of likely N-dealkylation sites (tertiary alicyclic amines) is 1. The molecule has 1 saturated heterocycles. The van der Waals surface area contributed by atoms with Gasteiger partial charge in [0.1, 0.15) is 6.10 Å². The van der Waals surface area contributed by atoms with E-state index < -0.39 is 0 Å². The smallest absolute Gasteiger partial charge is 0.161 e. The Morgan fingerprint density at radius 3 is 2.86 bits per heavy atom. The van der Waals surface area contributed by atoms with Crippen LogP contribution in [0, 0.1) is 0 Å². The number of methoxy groups -OCH3 is 1. The highest BCUT2D eigenvalue weighted by molar-refractivity contribution is 5.44. The molecule has 1 heterocycles. The number of hydrogen-bond donors (Lipinski definition) is 1. The number of benzene rings is 1. The molecule has 1 aromatic carbocycles. The van der Waals surface area contributed by atoms with Gasteiger partial charge in [0.25, 0.3) is 0 Å². The van der Waals surface area contributed by atoms with Crippen molar-refractivity contribution in [1.29, 1.82) is 0 Å². The van der Waals surface area contributed by atoms with E-state index in [2.05, 4.69) is 31.0 Å². The van der Waals surface area contributed by atoms with Crippen LogP contribution in [-0.4, -0.2) is 44.8 Å². The van der Waals surface area contributed by atoms with Crippen LogP contribution >= 0.6 is 0 Å². The van der Waals surface area contributed by atoms with E-state index in [4.69, 9.17) is 15.2 Å². The Morgan fingerprint density at radius 1 is 1.38 bits per heavy atom. The van der Waals surface area contributed by atoms with Crippen LogP contribution in [0.25, 0.3) is 0 Å². The summed E-state index contributed by atoms with van der Waals surface area (Å²) in [5, 5.41) is 0. The zero-order valence-electron chi connectivity index (χ0n) is 13.5. The quantitative estimate of drug-likeness (QED) is 0.875. The van der Waals surface area contributed by atoms with Crippen LogP contribution in [0.4, 0.5) is 0 Å². The number of nitrogens with zero attached hydrogens (tertiary/aromatic N) is 1. The van der Waals surface area contributed by atoms with Crippen molar-refractivity contribution in [2.45, 2.75) is 38.2 Å². The molecule has 2 unspecified atom stereocenters. The lowest BCUT2D eigenvalue weighted by molar-refractivity contribution is 0.101. The molecule has 0 aromatic heterocycles. The Morgan fingerprint density at radius 2 is 2.19 bits per heavy atom. The molecule has 0 aliphatic carbocycles. The molecule has 21 heavy (non-hydrogen) atoms. The lowest BCUT2D eigenvalue weighted by Gasteiger charge is -2.30. The first kappa shape index (κ1) is 16.1. The van der Waals surface area contributed by atoms with Crippen molar-refractivity contribution in [3.05, 3.63) is 23.8 Å². The summed E-state index contributed by atoms with van der Waals surface area (Å²) in [6.45, 7) is 5.04. The number of piperidine rings is 1. The van der Waals surface area contributed by atoms with Crippen molar-refractivity contribution in [2.24, 2.45) is 5.73 Å². The van der Waals surface area contributed by atoms with Gasteiger partial charge in [-0.05, 0) is 63.0 Å². The molecule has 1 aliphatic heterocycles. The van der Waals surface area contributed by atoms with E-state index in [0.717, 1.165) is 37.4 Å². The van der Waals surface area contributed by atoms with Gasteiger partial charge >= 0.3 is 0 Å². The number of nitrogens with two attached hydrogens (primary N) is 1. The van der Waals surface area contributed by atoms with Gasteiger partial charge in [0.05, 0.1) is 7.11 Å². The summed E-state index contributed by atoms with van der Waals surface area (Å²) in [4.78, 5) is 2.32. The summed E-state index contributed by atoms with van der Waals surface area (Å²) < 4.78 is 11.7. The number of ether oxygens (including phenoxy) is 2. The van der Waals surface area contributed by atoms with Crippen molar-refractivity contribution >= 4 is 0 Å². The van der Waals surface area contributed by atoms with Crippen molar-refractivity contribution in [3.8, 4) is 11.5 Å². The summed E-state index contributed by atoms with van der Waals surface area (Å²) in [5.74, 6) is 2.11.